The number of nitrogens with zero attached hydrogens (tertiary/aromatic N) is 1. The Kier molecular flexibility index (Phi) is 7.55. The van der Waals surface area contributed by atoms with Crippen molar-refractivity contribution in [3.63, 3.8) is 0 Å². The van der Waals surface area contributed by atoms with Gasteiger partial charge in [-0.2, -0.15) is 0 Å². The van der Waals surface area contributed by atoms with Crippen molar-refractivity contribution in [3.05, 3.63) is 61.3 Å². The SMILES string of the molecule is COC(=O)CN1C(=O)N/C(=C/c2cc(I)c(OCc3ccc(Br)cc3)c(OC)c2)C1=O. The summed E-state index contributed by atoms with van der Waals surface area (Å²) < 4.78 is 17.7. The molecular formula is C21H18BrIN2O6. The molecule has 1 N–H and O–H groups in total. The highest BCUT2D eigenvalue weighted by molar-refractivity contribution is 14.1. The number of rotatable bonds is 7. The Bertz CT molecular complexity index is 1050. The van der Waals surface area contributed by atoms with Crippen molar-refractivity contribution in [1.82, 2.24) is 10.2 Å². The van der Waals surface area contributed by atoms with Gasteiger partial charge < -0.3 is 19.5 Å². The molecule has 0 spiro atoms. The fraction of sp³-hybridized carbons (Fsp3) is 0.190. The summed E-state index contributed by atoms with van der Waals surface area (Å²) in [6, 6.07) is 10.6. The zero-order chi connectivity index (χ0) is 22.5. The van der Waals surface area contributed by atoms with Crippen LogP contribution in [0.15, 0.2) is 46.6 Å². The molecule has 1 aliphatic rings. The van der Waals surface area contributed by atoms with Gasteiger partial charge >= 0.3 is 12.0 Å². The van der Waals surface area contributed by atoms with Gasteiger partial charge in [0.2, 0.25) is 0 Å². The molecule has 0 bridgehead atoms. The maximum Gasteiger partial charge on any atom is 0.329 e. The minimum Gasteiger partial charge on any atom is -0.493 e. The standard InChI is InChI=1S/C21H18BrIN2O6/c1-29-17-9-13(8-16-20(27)25(21(28)24-16)10-18(26)30-2)7-15(23)19(17)31-11-12-3-5-14(22)6-4-12/h3-9H,10-11H2,1-2H3,(H,24,28)/b16-8+. The monoisotopic (exact) mass is 600 g/mol. The van der Waals surface area contributed by atoms with E-state index in [2.05, 4.69) is 48.6 Å². The second-order valence-electron chi connectivity index (χ2n) is 6.40. The molecule has 2 aromatic carbocycles. The van der Waals surface area contributed by atoms with Gasteiger partial charge in [-0.05, 0) is 64.1 Å². The van der Waals surface area contributed by atoms with E-state index < -0.39 is 24.5 Å². The summed E-state index contributed by atoms with van der Waals surface area (Å²) in [5, 5.41) is 2.47. The maximum absolute atomic E-state index is 12.5. The van der Waals surface area contributed by atoms with Crippen molar-refractivity contribution >= 4 is 62.5 Å². The van der Waals surface area contributed by atoms with Gasteiger partial charge in [0.05, 0.1) is 17.8 Å². The highest BCUT2D eigenvalue weighted by atomic mass is 127. The minimum atomic E-state index is -0.687. The van der Waals surface area contributed by atoms with Gasteiger partial charge in [0, 0.05) is 4.47 Å². The lowest BCUT2D eigenvalue weighted by molar-refractivity contribution is -0.143. The first-order chi connectivity index (χ1) is 14.8. The molecule has 2 aromatic rings. The number of carbonyl (C=O) groups excluding carboxylic acids is 3. The third-order valence-corrected chi connectivity index (χ3v) is 5.67. The molecule has 3 rings (SSSR count). The van der Waals surface area contributed by atoms with Crippen LogP contribution in [-0.4, -0.2) is 43.6 Å². The van der Waals surface area contributed by atoms with Crippen molar-refractivity contribution < 1.29 is 28.6 Å². The quantitative estimate of drug-likeness (QED) is 0.225. The molecule has 0 unspecified atom stereocenters. The molecule has 162 valence electrons. The summed E-state index contributed by atoms with van der Waals surface area (Å²) in [5.41, 5.74) is 1.67. The van der Waals surface area contributed by atoms with Crippen LogP contribution in [0.25, 0.3) is 6.08 Å². The molecular weight excluding hydrogens is 583 g/mol. The second kappa shape index (κ2) is 10.1. The fourth-order valence-corrected chi connectivity index (χ4v) is 3.82. The first kappa shape index (κ1) is 23.1. The first-order valence-electron chi connectivity index (χ1n) is 8.98. The lowest BCUT2D eigenvalue weighted by atomic mass is 10.1. The normalized spacial score (nSPS) is 14.6. The van der Waals surface area contributed by atoms with Gasteiger partial charge in [-0.1, -0.05) is 28.1 Å². The van der Waals surface area contributed by atoms with Crippen LogP contribution in [0.4, 0.5) is 4.79 Å². The maximum atomic E-state index is 12.5. The average molecular weight is 601 g/mol. The fourth-order valence-electron chi connectivity index (χ4n) is 2.77. The van der Waals surface area contributed by atoms with Crippen LogP contribution < -0.4 is 14.8 Å². The number of methoxy groups -OCH3 is 2. The number of halogens is 2. The van der Waals surface area contributed by atoms with Crippen LogP contribution in [0.1, 0.15) is 11.1 Å². The zero-order valence-corrected chi connectivity index (χ0v) is 20.4. The molecule has 0 aliphatic carbocycles. The van der Waals surface area contributed by atoms with Crippen LogP contribution >= 0.6 is 38.5 Å². The minimum absolute atomic E-state index is 0.0512. The number of hydrogen-bond acceptors (Lipinski definition) is 6. The number of imide groups is 1. The number of urea groups is 1. The molecule has 0 saturated carbocycles. The largest absolute Gasteiger partial charge is 0.493 e. The van der Waals surface area contributed by atoms with Crippen LogP contribution in [0.2, 0.25) is 0 Å². The highest BCUT2D eigenvalue weighted by Gasteiger charge is 2.35. The first-order valence-corrected chi connectivity index (χ1v) is 10.9. The van der Waals surface area contributed by atoms with Crippen molar-refractivity contribution in [3.8, 4) is 11.5 Å². The van der Waals surface area contributed by atoms with Crippen LogP contribution in [-0.2, 0) is 20.9 Å². The van der Waals surface area contributed by atoms with Gasteiger partial charge in [-0.15, -0.1) is 0 Å². The van der Waals surface area contributed by atoms with Crippen LogP contribution in [0.3, 0.4) is 0 Å². The molecule has 1 heterocycles. The number of carbonyl (C=O) groups is 3. The van der Waals surface area contributed by atoms with E-state index in [1.54, 1.807) is 12.1 Å². The van der Waals surface area contributed by atoms with Gasteiger partial charge in [0.15, 0.2) is 11.5 Å². The molecule has 31 heavy (non-hydrogen) atoms. The Hall–Kier alpha value is -2.60. The third-order valence-electron chi connectivity index (χ3n) is 4.34. The molecule has 1 fully saturated rings. The summed E-state index contributed by atoms with van der Waals surface area (Å²) in [7, 11) is 2.71. The molecule has 10 heteroatoms. The molecule has 0 atom stereocenters. The zero-order valence-electron chi connectivity index (χ0n) is 16.6. The van der Waals surface area contributed by atoms with Crippen LogP contribution in [0, 0.1) is 3.57 Å². The van der Waals surface area contributed by atoms with E-state index in [1.165, 1.54) is 20.3 Å². The Morgan fingerprint density at radius 2 is 1.90 bits per heavy atom. The van der Waals surface area contributed by atoms with Gasteiger partial charge in [0.1, 0.15) is 18.8 Å². The Labute approximate surface area is 200 Å². The van der Waals surface area contributed by atoms with Crippen molar-refractivity contribution in [2.45, 2.75) is 6.61 Å². The van der Waals surface area contributed by atoms with Crippen molar-refractivity contribution in [1.29, 1.82) is 0 Å². The topological polar surface area (TPSA) is 94.2 Å². The van der Waals surface area contributed by atoms with Gasteiger partial charge in [-0.3, -0.25) is 9.59 Å². The number of esters is 1. The predicted molar refractivity (Wildman–Crippen MR) is 124 cm³/mol. The molecule has 3 amide bonds. The highest BCUT2D eigenvalue weighted by Crippen LogP contribution is 2.35. The lowest BCUT2D eigenvalue weighted by Gasteiger charge is -2.14. The van der Waals surface area contributed by atoms with E-state index in [9.17, 15) is 14.4 Å². The number of amides is 3. The summed E-state index contributed by atoms with van der Waals surface area (Å²) in [4.78, 5) is 36.7. The molecule has 1 saturated heterocycles. The van der Waals surface area contributed by atoms with E-state index in [-0.39, 0.29) is 5.70 Å². The number of ether oxygens (including phenoxy) is 3. The summed E-state index contributed by atoms with van der Waals surface area (Å²) >= 11 is 5.52. The average Bonchev–Trinajstić information content (AvgIpc) is 3.01. The number of nitrogens with one attached hydrogen (secondary N) is 1. The lowest BCUT2D eigenvalue weighted by Crippen LogP contribution is -2.36. The Morgan fingerprint density at radius 1 is 1.19 bits per heavy atom. The van der Waals surface area contributed by atoms with Gasteiger partial charge in [-0.25, -0.2) is 9.69 Å². The van der Waals surface area contributed by atoms with E-state index in [0.29, 0.717) is 23.7 Å². The molecule has 0 radical (unpaired) electrons. The van der Waals surface area contributed by atoms with Crippen molar-refractivity contribution in [2.75, 3.05) is 20.8 Å². The second-order valence-corrected chi connectivity index (χ2v) is 8.48. The summed E-state index contributed by atoms with van der Waals surface area (Å²) in [6.45, 7) is -0.0979. The van der Waals surface area contributed by atoms with Crippen molar-refractivity contribution in [2.24, 2.45) is 0 Å². The smallest absolute Gasteiger partial charge is 0.329 e. The summed E-state index contributed by atoms with van der Waals surface area (Å²) in [5.74, 6) is -0.241. The molecule has 8 nitrogen and oxygen atoms in total. The van der Waals surface area contributed by atoms with Crippen LogP contribution in [0.5, 0.6) is 11.5 Å². The van der Waals surface area contributed by atoms with E-state index in [4.69, 9.17) is 9.47 Å². The van der Waals surface area contributed by atoms with E-state index in [1.807, 2.05) is 24.3 Å². The molecule has 1 aliphatic heterocycles. The van der Waals surface area contributed by atoms with E-state index >= 15 is 0 Å². The Morgan fingerprint density at radius 3 is 2.55 bits per heavy atom. The predicted octanol–water partition coefficient (Wildman–Crippen LogP) is 3.71. The number of benzene rings is 2. The Balaban J connectivity index is 1.80. The summed E-state index contributed by atoms with van der Waals surface area (Å²) in [6.07, 6.45) is 1.51. The third kappa shape index (κ3) is 5.56. The van der Waals surface area contributed by atoms with Gasteiger partial charge in [0.25, 0.3) is 5.91 Å². The van der Waals surface area contributed by atoms with E-state index in [0.717, 1.165) is 18.5 Å². The molecule has 0 aromatic heterocycles. The number of hydrogen-bond donors (Lipinski definition) is 1.